The average molecular weight is 375 g/mol. The van der Waals surface area contributed by atoms with E-state index in [1.54, 1.807) is 0 Å². The van der Waals surface area contributed by atoms with Crippen LogP contribution in [0, 0.1) is 11.8 Å². The predicted molar refractivity (Wildman–Crippen MR) is 112 cm³/mol. The number of fused-ring (bicyclic) bond motifs is 1. The Morgan fingerprint density at radius 3 is 2.46 bits per heavy atom. The number of amides is 1. The molecule has 3 nitrogen and oxygen atoms in total. The summed E-state index contributed by atoms with van der Waals surface area (Å²) in [5.41, 5.74) is 2.74. The van der Waals surface area contributed by atoms with Crippen molar-refractivity contribution in [1.82, 2.24) is 9.80 Å². The molecule has 0 spiro atoms. The van der Waals surface area contributed by atoms with E-state index in [-0.39, 0.29) is 5.92 Å². The van der Waals surface area contributed by atoms with Gasteiger partial charge in [0.05, 0.1) is 0 Å². The Kier molecular flexibility index (Phi) is 4.94. The lowest BCUT2D eigenvalue weighted by molar-refractivity contribution is -0.136. The van der Waals surface area contributed by atoms with E-state index in [1.807, 2.05) is 0 Å². The molecule has 2 heterocycles. The molecule has 146 valence electrons. The molecule has 2 aliphatic heterocycles. The Bertz CT molecular complexity index is 806. The van der Waals surface area contributed by atoms with Gasteiger partial charge in [-0.25, -0.2) is 0 Å². The molecule has 4 atom stereocenters. The van der Waals surface area contributed by atoms with Crippen molar-refractivity contribution >= 4 is 5.91 Å². The third-order valence-electron chi connectivity index (χ3n) is 7.06. The van der Waals surface area contributed by atoms with E-state index >= 15 is 0 Å². The van der Waals surface area contributed by atoms with Crippen LogP contribution in [0.3, 0.4) is 0 Å². The Labute approximate surface area is 168 Å². The SMILES string of the molecule is O=C([C@@H]1C[C@H]1c1ccccc1)N1CC[C@H]2[C@H](CCCN2Cc2ccccc2)C1. The predicted octanol–water partition coefficient (Wildman–Crippen LogP) is 4.30. The summed E-state index contributed by atoms with van der Waals surface area (Å²) in [7, 11) is 0. The quantitative estimate of drug-likeness (QED) is 0.796. The lowest BCUT2D eigenvalue weighted by atomic mass is 9.83. The molecule has 0 unspecified atom stereocenters. The molecule has 2 saturated heterocycles. The van der Waals surface area contributed by atoms with Crippen LogP contribution in [-0.2, 0) is 11.3 Å². The number of hydrogen-bond donors (Lipinski definition) is 0. The molecule has 28 heavy (non-hydrogen) atoms. The van der Waals surface area contributed by atoms with E-state index in [2.05, 4.69) is 70.5 Å². The van der Waals surface area contributed by atoms with Crippen molar-refractivity contribution in [2.75, 3.05) is 19.6 Å². The van der Waals surface area contributed by atoms with E-state index in [1.165, 1.54) is 30.5 Å². The monoisotopic (exact) mass is 374 g/mol. The van der Waals surface area contributed by atoms with Gasteiger partial charge >= 0.3 is 0 Å². The van der Waals surface area contributed by atoms with Crippen molar-refractivity contribution < 1.29 is 4.79 Å². The lowest BCUT2D eigenvalue weighted by Crippen LogP contribution is -2.55. The number of nitrogens with zero attached hydrogens (tertiary/aromatic N) is 2. The highest BCUT2D eigenvalue weighted by Crippen LogP contribution is 2.49. The van der Waals surface area contributed by atoms with Crippen molar-refractivity contribution in [1.29, 1.82) is 0 Å². The summed E-state index contributed by atoms with van der Waals surface area (Å²) in [5.74, 6) is 1.73. The summed E-state index contributed by atoms with van der Waals surface area (Å²) in [6.45, 7) is 4.15. The summed E-state index contributed by atoms with van der Waals surface area (Å²) < 4.78 is 0. The molecule has 0 N–H and O–H groups in total. The molecular formula is C25H30N2O. The maximum atomic E-state index is 13.1. The first-order chi connectivity index (χ1) is 13.8. The molecule has 0 radical (unpaired) electrons. The summed E-state index contributed by atoms with van der Waals surface area (Å²) in [6.07, 6.45) is 4.69. The van der Waals surface area contributed by atoms with Crippen LogP contribution >= 0.6 is 0 Å². The van der Waals surface area contributed by atoms with Crippen LogP contribution in [0.5, 0.6) is 0 Å². The molecule has 3 fully saturated rings. The fourth-order valence-electron chi connectivity index (χ4n) is 5.49. The maximum absolute atomic E-state index is 13.1. The van der Waals surface area contributed by atoms with Crippen molar-refractivity contribution in [3.63, 3.8) is 0 Å². The molecule has 1 amide bonds. The van der Waals surface area contributed by atoms with E-state index in [0.29, 0.717) is 23.8 Å². The number of likely N-dealkylation sites (tertiary alicyclic amines) is 2. The molecule has 1 saturated carbocycles. The zero-order chi connectivity index (χ0) is 18.9. The van der Waals surface area contributed by atoms with E-state index in [9.17, 15) is 4.79 Å². The maximum Gasteiger partial charge on any atom is 0.226 e. The summed E-state index contributed by atoms with van der Waals surface area (Å²) in [4.78, 5) is 18.0. The minimum Gasteiger partial charge on any atom is -0.342 e. The normalized spacial score (nSPS) is 29.9. The Morgan fingerprint density at radius 2 is 1.68 bits per heavy atom. The largest absolute Gasteiger partial charge is 0.342 e. The topological polar surface area (TPSA) is 23.6 Å². The van der Waals surface area contributed by atoms with Gasteiger partial charge in [-0.15, -0.1) is 0 Å². The third-order valence-corrected chi connectivity index (χ3v) is 7.06. The Hall–Kier alpha value is -2.13. The van der Waals surface area contributed by atoms with Crippen LogP contribution in [0.15, 0.2) is 60.7 Å². The highest BCUT2D eigenvalue weighted by Gasteiger charge is 2.47. The third kappa shape index (κ3) is 3.60. The van der Waals surface area contributed by atoms with Gasteiger partial charge in [-0.3, -0.25) is 9.69 Å². The highest BCUT2D eigenvalue weighted by molar-refractivity contribution is 5.83. The molecule has 2 aromatic carbocycles. The number of rotatable bonds is 4. The minimum atomic E-state index is 0.225. The van der Waals surface area contributed by atoms with Gasteiger partial charge in [0.15, 0.2) is 0 Å². The summed E-state index contributed by atoms with van der Waals surface area (Å²) in [6, 6.07) is 22.0. The van der Waals surface area contributed by atoms with Crippen molar-refractivity contribution in [2.45, 2.75) is 44.2 Å². The van der Waals surface area contributed by atoms with Crippen LogP contribution in [0.25, 0.3) is 0 Å². The van der Waals surface area contributed by atoms with Crippen LogP contribution in [0.4, 0.5) is 0 Å². The zero-order valence-corrected chi connectivity index (χ0v) is 16.5. The summed E-state index contributed by atoms with van der Waals surface area (Å²) >= 11 is 0. The molecule has 2 aromatic rings. The van der Waals surface area contributed by atoms with Crippen molar-refractivity contribution in [3.05, 3.63) is 71.8 Å². The first kappa shape index (κ1) is 17.9. The molecule has 0 bridgehead atoms. The standard InChI is InChI=1S/C25H30N2O/c28-25(23-16-22(23)20-10-5-2-6-11-20)27-15-13-24-21(18-27)12-7-14-26(24)17-19-8-3-1-4-9-19/h1-6,8-11,21-24H,7,12-18H2/t21-,22+,23-,24+/m1/s1. The first-order valence-electron chi connectivity index (χ1n) is 10.9. The summed E-state index contributed by atoms with van der Waals surface area (Å²) in [5, 5.41) is 0. The van der Waals surface area contributed by atoms with Gasteiger partial charge in [-0.05, 0) is 55.2 Å². The average Bonchev–Trinajstić information content (AvgIpc) is 3.55. The van der Waals surface area contributed by atoms with Gasteiger partial charge in [-0.2, -0.15) is 0 Å². The van der Waals surface area contributed by atoms with Gasteiger partial charge in [0.25, 0.3) is 0 Å². The van der Waals surface area contributed by atoms with Gasteiger partial charge in [0.1, 0.15) is 0 Å². The second kappa shape index (κ2) is 7.71. The Morgan fingerprint density at radius 1 is 0.929 bits per heavy atom. The number of piperidine rings is 2. The van der Waals surface area contributed by atoms with Gasteiger partial charge < -0.3 is 4.90 Å². The second-order valence-corrected chi connectivity index (χ2v) is 8.86. The van der Waals surface area contributed by atoms with Crippen LogP contribution in [-0.4, -0.2) is 41.4 Å². The van der Waals surface area contributed by atoms with Crippen LogP contribution < -0.4 is 0 Å². The smallest absolute Gasteiger partial charge is 0.226 e. The first-order valence-corrected chi connectivity index (χ1v) is 10.9. The van der Waals surface area contributed by atoms with Gasteiger partial charge in [0.2, 0.25) is 5.91 Å². The molecule has 3 aliphatic rings. The van der Waals surface area contributed by atoms with Crippen molar-refractivity contribution in [2.24, 2.45) is 11.8 Å². The van der Waals surface area contributed by atoms with Gasteiger partial charge in [0, 0.05) is 31.6 Å². The van der Waals surface area contributed by atoms with Crippen LogP contribution in [0.1, 0.15) is 42.7 Å². The van der Waals surface area contributed by atoms with E-state index in [0.717, 1.165) is 32.5 Å². The molecular weight excluding hydrogens is 344 g/mol. The van der Waals surface area contributed by atoms with Gasteiger partial charge in [-0.1, -0.05) is 60.7 Å². The minimum absolute atomic E-state index is 0.225. The fraction of sp³-hybridized carbons (Fsp3) is 0.480. The number of hydrogen-bond acceptors (Lipinski definition) is 2. The molecule has 5 rings (SSSR count). The van der Waals surface area contributed by atoms with Crippen molar-refractivity contribution in [3.8, 4) is 0 Å². The number of carbonyl (C=O) groups excluding carboxylic acids is 1. The highest BCUT2D eigenvalue weighted by atomic mass is 16.2. The molecule has 0 aromatic heterocycles. The van der Waals surface area contributed by atoms with E-state index < -0.39 is 0 Å². The molecule has 1 aliphatic carbocycles. The second-order valence-electron chi connectivity index (χ2n) is 8.86. The fourth-order valence-corrected chi connectivity index (χ4v) is 5.49. The lowest BCUT2D eigenvalue weighted by Gasteiger charge is -2.47. The molecule has 3 heteroatoms. The Balaban J connectivity index is 1.20. The van der Waals surface area contributed by atoms with E-state index in [4.69, 9.17) is 0 Å². The zero-order valence-electron chi connectivity index (χ0n) is 16.5. The van der Waals surface area contributed by atoms with Crippen LogP contribution in [0.2, 0.25) is 0 Å². The number of carbonyl (C=O) groups is 1. The number of benzene rings is 2.